The molecule has 4 N–H and O–H groups in total. The van der Waals surface area contributed by atoms with E-state index < -0.39 is 15.7 Å². The summed E-state index contributed by atoms with van der Waals surface area (Å²) in [5.41, 5.74) is 12.3. The third-order valence-electron chi connectivity index (χ3n) is 5.88. The van der Waals surface area contributed by atoms with Gasteiger partial charge in [0.2, 0.25) is 21.9 Å². The number of rotatable bonds is 3. The van der Waals surface area contributed by atoms with E-state index in [2.05, 4.69) is 9.98 Å². The minimum atomic E-state index is -3.53. The second-order valence-electron chi connectivity index (χ2n) is 7.78. The van der Waals surface area contributed by atoms with Gasteiger partial charge in [0.25, 0.3) is 0 Å². The first-order chi connectivity index (χ1) is 13.4. The molecule has 1 saturated heterocycles. The topological polar surface area (TPSA) is 117 Å². The smallest absolute Gasteiger partial charge is 0.243 e. The molecule has 0 bridgehead atoms. The van der Waals surface area contributed by atoms with Gasteiger partial charge in [-0.1, -0.05) is 18.9 Å². The summed E-state index contributed by atoms with van der Waals surface area (Å²) in [6, 6.07) is 6.97. The lowest BCUT2D eigenvalue weighted by molar-refractivity contribution is 0.305. The summed E-state index contributed by atoms with van der Waals surface area (Å²) >= 11 is 0. The summed E-state index contributed by atoms with van der Waals surface area (Å²) in [6.07, 6.45) is 7.70. The summed E-state index contributed by atoms with van der Waals surface area (Å²) in [5, 5.41) is 0. The van der Waals surface area contributed by atoms with Gasteiger partial charge in [-0.2, -0.15) is 9.30 Å². The minimum Gasteiger partial charge on any atom is -0.369 e. The molecule has 1 aromatic carbocycles. The van der Waals surface area contributed by atoms with Crippen LogP contribution in [0, 0.1) is 0 Å². The predicted octanol–water partition coefficient (Wildman–Crippen LogP) is 1.97. The summed E-state index contributed by atoms with van der Waals surface area (Å²) in [6.45, 7) is 1.15. The van der Waals surface area contributed by atoms with Gasteiger partial charge < -0.3 is 11.5 Å². The Labute approximate surface area is 166 Å². The number of guanidine groups is 2. The highest BCUT2D eigenvalue weighted by molar-refractivity contribution is 7.89. The largest absolute Gasteiger partial charge is 0.369 e. The van der Waals surface area contributed by atoms with E-state index >= 15 is 0 Å². The molecule has 4 rings (SSSR count). The van der Waals surface area contributed by atoms with Crippen molar-refractivity contribution in [1.82, 2.24) is 4.31 Å². The number of nitrogens with zero attached hydrogens (tertiary/aromatic N) is 4. The van der Waals surface area contributed by atoms with E-state index in [0.717, 1.165) is 51.4 Å². The average Bonchev–Trinajstić information content (AvgIpc) is 2.69. The van der Waals surface area contributed by atoms with E-state index in [1.807, 2.05) is 11.0 Å². The molecule has 28 heavy (non-hydrogen) atoms. The fourth-order valence-corrected chi connectivity index (χ4v) is 6.09. The average molecular weight is 405 g/mol. The first-order valence-electron chi connectivity index (χ1n) is 10.0. The number of anilines is 1. The Morgan fingerprint density at radius 3 is 2.36 bits per heavy atom. The quantitative estimate of drug-likeness (QED) is 0.799. The Morgan fingerprint density at radius 1 is 0.964 bits per heavy atom. The number of sulfonamides is 1. The van der Waals surface area contributed by atoms with Crippen molar-refractivity contribution in [3.05, 3.63) is 24.3 Å². The van der Waals surface area contributed by atoms with Gasteiger partial charge >= 0.3 is 0 Å². The summed E-state index contributed by atoms with van der Waals surface area (Å²) in [4.78, 5) is 11.0. The molecule has 2 heterocycles. The number of piperidine rings is 1. The lowest BCUT2D eigenvalue weighted by Gasteiger charge is -2.45. The van der Waals surface area contributed by atoms with Crippen LogP contribution in [-0.4, -0.2) is 43.4 Å². The van der Waals surface area contributed by atoms with Gasteiger partial charge in [-0.25, -0.2) is 13.4 Å². The van der Waals surface area contributed by atoms with Crippen LogP contribution in [0.25, 0.3) is 0 Å². The Balaban J connectivity index is 1.73. The van der Waals surface area contributed by atoms with Crippen molar-refractivity contribution in [2.45, 2.75) is 61.9 Å². The highest BCUT2D eigenvalue weighted by Gasteiger charge is 2.42. The standard InChI is InChI=1S/C19H28N6O2S/c20-17-22-18(21)25(19(23-17)10-3-1-4-11-19)15-8-7-9-16(14-15)28(26,27)24-12-5-2-6-13-24/h7-9,14H,1-6,10-13H2,(H4,20,21,22,23). The van der Waals surface area contributed by atoms with Gasteiger partial charge in [-0.15, -0.1) is 0 Å². The number of hydrogen-bond acceptors (Lipinski definition) is 7. The predicted molar refractivity (Wildman–Crippen MR) is 111 cm³/mol. The van der Waals surface area contributed by atoms with E-state index in [1.54, 1.807) is 22.5 Å². The van der Waals surface area contributed by atoms with Crippen LogP contribution >= 0.6 is 0 Å². The second-order valence-corrected chi connectivity index (χ2v) is 9.72. The molecule has 0 radical (unpaired) electrons. The zero-order valence-corrected chi connectivity index (χ0v) is 16.9. The van der Waals surface area contributed by atoms with Crippen molar-refractivity contribution in [3.63, 3.8) is 0 Å². The van der Waals surface area contributed by atoms with Gasteiger partial charge in [0.15, 0.2) is 0 Å². The fraction of sp³-hybridized carbons (Fsp3) is 0.579. The molecule has 0 unspecified atom stereocenters. The van der Waals surface area contributed by atoms with Crippen LogP contribution in [-0.2, 0) is 10.0 Å². The molecular formula is C19H28N6O2S. The fourth-order valence-electron chi connectivity index (χ4n) is 4.53. The van der Waals surface area contributed by atoms with E-state index in [1.165, 1.54) is 0 Å². The molecule has 0 atom stereocenters. The zero-order valence-electron chi connectivity index (χ0n) is 16.0. The minimum absolute atomic E-state index is 0.188. The van der Waals surface area contributed by atoms with Crippen LogP contribution in [0.1, 0.15) is 51.4 Å². The maximum absolute atomic E-state index is 13.1. The molecule has 1 aromatic rings. The molecule has 3 aliphatic rings. The number of hydrogen-bond donors (Lipinski definition) is 2. The van der Waals surface area contributed by atoms with Crippen LogP contribution in [0.4, 0.5) is 5.69 Å². The van der Waals surface area contributed by atoms with Gasteiger partial charge in [0.05, 0.1) is 4.90 Å². The van der Waals surface area contributed by atoms with Crippen LogP contribution in [0.15, 0.2) is 39.1 Å². The molecule has 9 heteroatoms. The van der Waals surface area contributed by atoms with Crippen molar-refractivity contribution in [3.8, 4) is 0 Å². The van der Waals surface area contributed by atoms with Gasteiger partial charge in [-0.3, -0.25) is 4.90 Å². The van der Waals surface area contributed by atoms with Gasteiger partial charge in [-0.05, 0) is 56.7 Å². The molecule has 0 aromatic heterocycles. The molecule has 152 valence electrons. The summed E-state index contributed by atoms with van der Waals surface area (Å²) < 4.78 is 27.8. The molecule has 2 fully saturated rings. The Bertz CT molecular complexity index is 899. The van der Waals surface area contributed by atoms with E-state index in [9.17, 15) is 8.42 Å². The van der Waals surface area contributed by atoms with E-state index in [0.29, 0.717) is 18.8 Å². The highest BCUT2D eigenvalue weighted by Crippen LogP contribution is 2.40. The van der Waals surface area contributed by atoms with Gasteiger partial charge in [0, 0.05) is 18.8 Å². The van der Waals surface area contributed by atoms with Crippen molar-refractivity contribution in [1.29, 1.82) is 0 Å². The normalized spacial score (nSPS) is 23.4. The summed E-state index contributed by atoms with van der Waals surface area (Å²) in [5.74, 6) is 0.453. The molecule has 1 spiro atoms. The Kier molecular flexibility index (Phi) is 5.05. The van der Waals surface area contributed by atoms with E-state index in [-0.39, 0.29) is 16.8 Å². The third-order valence-corrected chi connectivity index (χ3v) is 7.77. The monoisotopic (exact) mass is 404 g/mol. The first kappa shape index (κ1) is 19.2. The van der Waals surface area contributed by atoms with Crippen molar-refractivity contribution in [2.24, 2.45) is 21.5 Å². The lowest BCUT2D eigenvalue weighted by atomic mass is 9.87. The zero-order chi connectivity index (χ0) is 19.8. The maximum atomic E-state index is 13.1. The Morgan fingerprint density at radius 2 is 1.64 bits per heavy atom. The van der Waals surface area contributed by atoms with E-state index in [4.69, 9.17) is 11.5 Å². The van der Waals surface area contributed by atoms with Crippen molar-refractivity contribution >= 4 is 27.6 Å². The first-order valence-corrected chi connectivity index (χ1v) is 11.5. The van der Waals surface area contributed by atoms with Crippen LogP contribution in [0.5, 0.6) is 0 Å². The molecule has 8 nitrogen and oxygen atoms in total. The maximum Gasteiger partial charge on any atom is 0.243 e. The van der Waals surface area contributed by atoms with Crippen LogP contribution < -0.4 is 16.4 Å². The van der Waals surface area contributed by atoms with Crippen molar-refractivity contribution in [2.75, 3.05) is 18.0 Å². The van der Waals surface area contributed by atoms with Crippen molar-refractivity contribution < 1.29 is 8.42 Å². The lowest BCUT2D eigenvalue weighted by Crippen LogP contribution is -2.58. The Hall–Kier alpha value is -2.13. The molecular weight excluding hydrogens is 376 g/mol. The molecule has 2 aliphatic heterocycles. The SMILES string of the molecule is NC1=NC2(CCCCC2)N(c2cccc(S(=O)(=O)N3CCCCC3)c2)C(N)=N1. The molecule has 1 aliphatic carbocycles. The van der Waals surface area contributed by atoms with Gasteiger partial charge in [0.1, 0.15) is 5.66 Å². The van der Waals surface area contributed by atoms with Crippen LogP contribution in [0.3, 0.4) is 0 Å². The number of nitrogens with two attached hydrogens (primary N) is 2. The van der Waals surface area contributed by atoms with Crippen LogP contribution in [0.2, 0.25) is 0 Å². The highest BCUT2D eigenvalue weighted by atomic mass is 32.2. The molecule has 0 amide bonds. The number of aliphatic imine (C=N–C) groups is 2. The number of benzene rings is 1. The molecule has 1 saturated carbocycles. The summed E-state index contributed by atoms with van der Waals surface area (Å²) in [7, 11) is -3.53. The second kappa shape index (κ2) is 7.36. The third kappa shape index (κ3) is 3.37.